The summed E-state index contributed by atoms with van der Waals surface area (Å²) in [6.45, 7) is 0. The van der Waals surface area contributed by atoms with E-state index in [1.54, 1.807) is 0 Å². The lowest BCUT2D eigenvalue weighted by Crippen LogP contribution is -1.91. The van der Waals surface area contributed by atoms with E-state index in [1.165, 1.54) is 11.1 Å². The van der Waals surface area contributed by atoms with Gasteiger partial charge < -0.3 is 0 Å². The van der Waals surface area contributed by atoms with E-state index in [1.807, 2.05) is 12.2 Å². The van der Waals surface area contributed by atoms with Gasteiger partial charge in [0.1, 0.15) is 0 Å². The third-order valence-electron chi connectivity index (χ3n) is 1.70. The lowest BCUT2D eigenvalue weighted by molar-refractivity contribution is 1.28. The van der Waals surface area contributed by atoms with Crippen molar-refractivity contribution in [1.29, 1.82) is 0 Å². The van der Waals surface area contributed by atoms with Gasteiger partial charge in [-0.15, -0.1) is 0 Å². The average molecular weight is 128 g/mol. The summed E-state index contributed by atoms with van der Waals surface area (Å²) in [6.07, 6.45) is 16.7. The molecule has 0 spiro atoms. The lowest BCUT2D eigenvalue weighted by atomic mass is 9.95. The van der Waals surface area contributed by atoms with E-state index in [0.29, 0.717) is 0 Å². The Balaban J connectivity index is 2.38. The number of allylic oxidation sites excluding steroid dienone is 8. The van der Waals surface area contributed by atoms with Crippen LogP contribution < -0.4 is 0 Å². The van der Waals surface area contributed by atoms with Gasteiger partial charge >= 0.3 is 0 Å². The van der Waals surface area contributed by atoms with Gasteiger partial charge in [-0.1, -0.05) is 36.5 Å². The van der Waals surface area contributed by atoms with Crippen LogP contribution in [0, 0.1) is 6.42 Å². The predicted octanol–water partition coefficient (Wildman–Crippen LogP) is 2.45. The molecule has 0 bridgehead atoms. The zero-order valence-corrected chi connectivity index (χ0v) is 5.67. The molecule has 0 aromatic heterocycles. The van der Waals surface area contributed by atoms with Gasteiger partial charge in [-0.2, -0.15) is 0 Å². The maximum absolute atomic E-state index is 3.05. The fraction of sp³-hybridized carbons (Fsp3) is 0.100. The van der Waals surface area contributed by atoms with Gasteiger partial charge in [-0.3, -0.25) is 0 Å². The monoisotopic (exact) mass is 128 g/mol. The number of rotatable bonds is 0. The van der Waals surface area contributed by atoms with E-state index in [-0.39, 0.29) is 0 Å². The Morgan fingerprint density at radius 1 is 1.20 bits per heavy atom. The number of fused-ring (bicyclic) bond motifs is 1. The van der Waals surface area contributed by atoms with Crippen LogP contribution in [0.4, 0.5) is 0 Å². The molecule has 0 saturated carbocycles. The Labute approximate surface area is 61.3 Å². The van der Waals surface area contributed by atoms with Crippen molar-refractivity contribution in [1.82, 2.24) is 0 Å². The predicted molar refractivity (Wildman–Crippen MR) is 42.3 cm³/mol. The fourth-order valence-corrected chi connectivity index (χ4v) is 1.18. The van der Waals surface area contributed by atoms with E-state index >= 15 is 0 Å². The van der Waals surface area contributed by atoms with Crippen LogP contribution in [-0.2, 0) is 0 Å². The Kier molecular flexibility index (Phi) is 1.31. The van der Waals surface area contributed by atoms with Gasteiger partial charge in [-0.25, -0.2) is 0 Å². The van der Waals surface area contributed by atoms with Crippen molar-refractivity contribution in [3.63, 3.8) is 0 Å². The van der Waals surface area contributed by atoms with E-state index in [4.69, 9.17) is 0 Å². The number of hydrogen-bond acceptors (Lipinski definition) is 0. The zero-order chi connectivity index (χ0) is 6.81. The first-order valence-corrected chi connectivity index (χ1v) is 3.47. The molecular formula is C10H8. The van der Waals surface area contributed by atoms with E-state index in [9.17, 15) is 0 Å². The van der Waals surface area contributed by atoms with Crippen molar-refractivity contribution in [3.8, 4) is 0 Å². The van der Waals surface area contributed by atoms with Crippen LogP contribution in [0.5, 0.6) is 0 Å². The van der Waals surface area contributed by atoms with Crippen molar-refractivity contribution < 1.29 is 0 Å². The maximum Gasteiger partial charge on any atom is 0.0350 e. The fourth-order valence-electron chi connectivity index (χ4n) is 1.18. The van der Waals surface area contributed by atoms with Crippen LogP contribution in [-0.4, -0.2) is 0 Å². The van der Waals surface area contributed by atoms with Crippen molar-refractivity contribution in [2.24, 2.45) is 0 Å². The normalized spacial score (nSPS) is 21.6. The molecular weight excluding hydrogens is 120 g/mol. The molecule has 0 nitrogen and oxygen atoms in total. The lowest BCUT2D eigenvalue weighted by Gasteiger charge is -2.10. The van der Waals surface area contributed by atoms with Crippen LogP contribution >= 0.6 is 0 Å². The molecule has 2 radical (unpaired) electrons. The summed E-state index contributed by atoms with van der Waals surface area (Å²) in [5.41, 5.74) is 2.62. The first-order valence-electron chi connectivity index (χ1n) is 3.47. The van der Waals surface area contributed by atoms with Crippen LogP contribution in [0.25, 0.3) is 0 Å². The summed E-state index contributed by atoms with van der Waals surface area (Å²) >= 11 is 0. The minimum Gasteiger partial charge on any atom is -0.0801 e. The van der Waals surface area contributed by atoms with Crippen LogP contribution in [0.1, 0.15) is 6.42 Å². The highest BCUT2D eigenvalue weighted by molar-refractivity contribution is 5.53. The minimum absolute atomic E-state index is 1.07. The molecule has 0 saturated heterocycles. The quantitative estimate of drug-likeness (QED) is 0.470. The molecule has 0 aromatic rings. The van der Waals surface area contributed by atoms with Gasteiger partial charge in [0.2, 0.25) is 0 Å². The smallest absolute Gasteiger partial charge is 0.0350 e. The highest BCUT2D eigenvalue weighted by Crippen LogP contribution is 2.22. The molecule has 0 aromatic carbocycles. The first-order chi connectivity index (χ1) is 4.97. The van der Waals surface area contributed by atoms with Crippen molar-refractivity contribution >= 4 is 0 Å². The highest BCUT2D eigenvalue weighted by atomic mass is 14.1. The number of hydrogen-bond donors (Lipinski definition) is 0. The molecule has 2 aliphatic rings. The summed E-state index contributed by atoms with van der Waals surface area (Å²) in [6, 6.07) is 0. The topological polar surface area (TPSA) is 0 Å². The van der Waals surface area contributed by atoms with Crippen molar-refractivity contribution in [2.75, 3.05) is 0 Å². The van der Waals surface area contributed by atoms with E-state index in [2.05, 4.69) is 30.7 Å². The van der Waals surface area contributed by atoms with Gasteiger partial charge in [0.25, 0.3) is 0 Å². The minimum atomic E-state index is 1.07. The van der Waals surface area contributed by atoms with E-state index < -0.39 is 0 Å². The van der Waals surface area contributed by atoms with Crippen LogP contribution in [0.3, 0.4) is 0 Å². The molecule has 0 heterocycles. The third kappa shape index (κ3) is 0.860. The second kappa shape index (κ2) is 2.30. The summed E-state index contributed by atoms with van der Waals surface area (Å²) < 4.78 is 0. The average Bonchev–Trinajstić information content (AvgIpc) is 2.05. The molecule has 2 aliphatic carbocycles. The Bertz CT molecular complexity index is 221. The van der Waals surface area contributed by atoms with E-state index in [0.717, 1.165) is 6.42 Å². The summed E-state index contributed by atoms with van der Waals surface area (Å²) in [5, 5.41) is 0. The SMILES string of the molecule is [C]1C=CC2=CCC=CC2=C1. The largest absolute Gasteiger partial charge is 0.0801 e. The van der Waals surface area contributed by atoms with Crippen molar-refractivity contribution in [2.45, 2.75) is 6.42 Å². The molecule has 2 rings (SSSR count). The zero-order valence-electron chi connectivity index (χ0n) is 5.67. The van der Waals surface area contributed by atoms with Crippen LogP contribution in [0.15, 0.2) is 47.6 Å². The Morgan fingerprint density at radius 3 is 3.10 bits per heavy atom. The maximum atomic E-state index is 3.05. The Hall–Kier alpha value is -1.04. The standard InChI is InChI=1S/C10H8/c1-2-6-10-8-4-3-7-9(10)5-1/h1,4-8H,2H2. The molecule has 0 atom stereocenters. The molecule has 0 N–H and O–H groups in total. The van der Waals surface area contributed by atoms with Gasteiger partial charge in [0.15, 0.2) is 0 Å². The van der Waals surface area contributed by atoms with Crippen LogP contribution in [0.2, 0.25) is 0 Å². The second-order valence-electron chi connectivity index (χ2n) is 2.40. The molecule has 0 unspecified atom stereocenters. The molecule has 10 heavy (non-hydrogen) atoms. The summed E-state index contributed by atoms with van der Waals surface area (Å²) in [4.78, 5) is 0. The second-order valence-corrected chi connectivity index (χ2v) is 2.40. The van der Waals surface area contributed by atoms with Gasteiger partial charge in [0.05, 0.1) is 0 Å². The molecule has 48 valence electrons. The highest BCUT2D eigenvalue weighted by Gasteiger charge is 2.03. The molecule has 0 aliphatic heterocycles. The third-order valence-corrected chi connectivity index (χ3v) is 1.70. The molecule has 0 fully saturated rings. The molecule has 0 amide bonds. The molecule has 0 heteroatoms. The summed E-state index contributed by atoms with van der Waals surface area (Å²) in [7, 11) is 0. The van der Waals surface area contributed by atoms with Crippen molar-refractivity contribution in [3.05, 3.63) is 54.0 Å². The van der Waals surface area contributed by atoms with Gasteiger partial charge in [0, 0.05) is 6.42 Å². The first kappa shape index (κ1) is 5.72. The van der Waals surface area contributed by atoms with Gasteiger partial charge in [-0.05, 0) is 17.6 Å². The summed E-state index contributed by atoms with van der Waals surface area (Å²) in [5.74, 6) is 0. The Morgan fingerprint density at radius 2 is 2.20 bits per heavy atom.